The number of methoxy groups -OCH3 is 3. The molecule has 0 bridgehead atoms. The van der Waals surface area contributed by atoms with Gasteiger partial charge in [0, 0.05) is 17.2 Å². The molecule has 7 nitrogen and oxygen atoms in total. The first-order chi connectivity index (χ1) is 12.9. The highest BCUT2D eigenvalue weighted by molar-refractivity contribution is 9.09. The van der Waals surface area contributed by atoms with E-state index in [9.17, 15) is 14.4 Å². The summed E-state index contributed by atoms with van der Waals surface area (Å²) in [6.45, 7) is 0. The van der Waals surface area contributed by atoms with Crippen molar-refractivity contribution in [1.29, 1.82) is 0 Å². The van der Waals surface area contributed by atoms with Gasteiger partial charge in [-0.3, -0.25) is 9.59 Å². The molecule has 1 unspecified atom stereocenters. The lowest BCUT2D eigenvalue weighted by atomic mass is 9.81. The molecule has 27 heavy (non-hydrogen) atoms. The van der Waals surface area contributed by atoms with Crippen LogP contribution in [0.1, 0.15) is 52.8 Å². The second kappa shape index (κ2) is 6.09. The standard InChI is InChI=1S/C19H13BrO7/c1-24-7-4-8-12(11(5-7)25-2)16(22)13-9(15(8)21)6-10-14(17(13)26-3)18(20)27-19(10)23/h4-6,18H,1-3H3. The Morgan fingerprint density at radius 2 is 1.56 bits per heavy atom. The molecule has 4 rings (SSSR count). The Labute approximate surface area is 162 Å². The van der Waals surface area contributed by atoms with Crippen LogP contribution < -0.4 is 14.2 Å². The minimum Gasteiger partial charge on any atom is -0.497 e. The molecule has 138 valence electrons. The van der Waals surface area contributed by atoms with Crippen molar-refractivity contribution in [2.45, 2.75) is 5.01 Å². The van der Waals surface area contributed by atoms with E-state index >= 15 is 0 Å². The molecular formula is C19H13BrO7. The average Bonchev–Trinajstić information content (AvgIpc) is 2.97. The summed E-state index contributed by atoms with van der Waals surface area (Å²) in [5, 5.41) is -0.762. The number of alkyl halides is 1. The number of ketones is 2. The largest absolute Gasteiger partial charge is 0.497 e. The molecule has 8 heteroatoms. The van der Waals surface area contributed by atoms with Gasteiger partial charge in [0.05, 0.1) is 43.6 Å². The van der Waals surface area contributed by atoms with Crippen LogP contribution in [0.25, 0.3) is 0 Å². The van der Waals surface area contributed by atoms with Gasteiger partial charge in [0.1, 0.15) is 17.2 Å². The quantitative estimate of drug-likeness (QED) is 0.464. The van der Waals surface area contributed by atoms with Gasteiger partial charge in [-0.2, -0.15) is 0 Å². The predicted molar refractivity (Wildman–Crippen MR) is 96.5 cm³/mol. The Morgan fingerprint density at radius 3 is 2.19 bits per heavy atom. The Bertz CT molecular complexity index is 1040. The summed E-state index contributed by atoms with van der Waals surface area (Å²) >= 11 is 3.25. The zero-order chi connectivity index (χ0) is 19.5. The number of benzene rings is 2. The van der Waals surface area contributed by atoms with Gasteiger partial charge in [-0.15, -0.1) is 0 Å². The third kappa shape index (κ3) is 2.29. The van der Waals surface area contributed by atoms with Crippen molar-refractivity contribution >= 4 is 33.5 Å². The highest BCUT2D eigenvalue weighted by atomic mass is 79.9. The molecular weight excluding hydrogens is 420 g/mol. The molecule has 1 aliphatic carbocycles. The fourth-order valence-corrected chi connectivity index (χ4v) is 4.08. The molecule has 0 spiro atoms. The van der Waals surface area contributed by atoms with Crippen molar-refractivity contribution < 1.29 is 33.3 Å². The number of hydrogen-bond acceptors (Lipinski definition) is 7. The normalized spacial score (nSPS) is 17.0. The van der Waals surface area contributed by atoms with E-state index in [1.165, 1.54) is 39.5 Å². The minimum atomic E-state index is -0.762. The number of esters is 1. The topological polar surface area (TPSA) is 88.1 Å². The molecule has 0 saturated carbocycles. The van der Waals surface area contributed by atoms with Crippen LogP contribution in [0.5, 0.6) is 17.2 Å². The van der Waals surface area contributed by atoms with Gasteiger partial charge in [-0.1, -0.05) is 0 Å². The van der Waals surface area contributed by atoms with Gasteiger partial charge < -0.3 is 18.9 Å². The second-order valence-electron chi connectivity index (χ2n) is 5.93. The maximum atomic E-state index is 13.3. The van der Waals surface area contributed by atoms with Crippen molar-refractivity contribution in [3.63, 3.8) is 0 Å². The van der Waals surface area contributed by atoms with Gasteiger partial charge in [-0.25, -0.2) is 4.79 Å². The molecule has 0 saturated heterocycles. The maximum Gasteiger partial charge on any atom is 0.340 e. The van der Waals surface area contributed by atoms with Gasteiger partial charge in [0.25, 0.3) is 0 Å². The van der Waals surface area contributed by atoms with Crippen LogP contribution in [-0.4, -0.2) is 38.9 Å². The summed E-state index contributed by atoms with van der Waals surface area (Å²) in [6.07, 6.45) is 0. The molecule has 0 radical (unpaired) electrons. The number of carbonyl (C=O) groups excluding carboxylic acids is 3. The van der Waals surface area contributed by atoms with Crippen LogP contribution in [0, 0.1) is 0 Å². The van der Waals surface area contributed by atoms with Crippen LogP contribution in [0.3, 0.4) is 0 Å². The third-order valence-corrected chi connectivity index (χ3v) is 5.30. The van der Waals surface area contributed by atoms with E-state index in [1.807, 2.05) is 0 Å². The van der Waals surface area contributed by atoms with Crippen LogP contribution >= 0.6 is 15.9 Å². The predicted octanol–water partition coefficient (Wildman–Crippen LogP) is 3.05. The molecule has 0 N–H and O–H groups in total. The molecule has 2 aliphatic rings. The monoisotopic (exact) mass is 432 g/mol. The number of carbonyl (C=O) groups is 3. The van der Waals surface area contributed by atoms with Crippen molar-refractivity contribution in [3.05, 3.63) is 51.6 Å². The average molecular weight is 433 g/mol. The van der Waals surface area contributed by atoms with Crippen LogP contribution in [-0.2, 0) is 4.74 Å². The summed E-state index contributed by atoms with van der Waals surface area (Å²) < 4.78 is 21.1. The van der Waals surface area contributed by atoms with Crippen molar-refractivity contribution in [3.8, 4) is 17.2 Å². The minimum absolute atomic E-state index is 0.0805. The summed E-state index contributed by atoms with van der Waals surface area (Å²) in [5.74, 6) is -0.720. The van der Waals surface area contributed by atoms with E-state index in [0.29, 0.717) is 11.3 Å². The number of fused-ring (bicyclic) bond motifs is 3. The molecule has 1 heterocycles. The first-order valence-corrected chi connectivity index (χ1v) is 8.79. The lowest BCUT2D eigenvalue weighted by Gasteiger charge is -2.23. The van der Waals surface area contributed by atoms with Crippen molar-refractivity contribution in [2.75, 3.05) is 21.3 Å². The van der Waals surface area contributed by atoms with Crippen LogP contribution in [0.4, 0.5) is 0 Å². The molecule has 0 aromatic heterocycles. The maximum absolute atomic E-state index is 13.3. The highest BCUT2D eigenvalue weighted by Gasteiger charge is 2.42. The van der Waals surface area contributed by atoms with E-state index in [2.05, 4.69) is 15.9 Å². The van der Waals surface area contributed by atoms with Crippen LogP contribution in [0.2, 0.25) is 0 Å². The summed E-state index contributed by atoms with van der Waals surface area (Å²) in [4.78, 5) is 38.6. The molecule has 1 atom stereocenters. The summed E-state index contributed by atoms with van der Waals surface area (Å²) in [7, 11) is 4.23. The number of halogens is 1. The Hall–Kier alpha value is -2.87. The molecule has 2 aromatic carbocycles. The zero-order valence-electron chi connectivity index (χ0n) is 14.5. The third-order valence-electron chi connectivity index (χ3n) is 4.66. The molecule has 2 aromatic rings. The molecule has 1 aliphatic heterocycles. The van der Waals surface area contributed by atoms with E-state index in [4.69, 9.17) is 18.9 Å². The van der Waals surface area contributed by atoms with Gasteiger partial charge >= 0.3 is 5.97 Å². The molecule has 0 fully saturated rings. The van der Waals surface area contributed by atoms with E-state index < -0.39 is 22.5 Å². The Kier molecular flexibility index (Phi) is 3.96. The van der Waals surface area contributed by atoms with E-state index in [-0.39, 0.29) is 39.3 Å². The van der Waals surface area contributed by atoms with Gasteiger partial charge in [-0.05, 0) is 28.1 Å². The Balaban J connectivity index is 2.07. The molecule has 0 amide bonds. The fraction of sp³-hybridized carbons (Fsp3) is 0.211. The van der Waals surface area contributed by atoms with Crippen molar-refractivity contribution in [2.24, 2.45) is 0 Å². The first-order valence-electron chi connectivity index (χ1n) is 7.88. The number of ether oxygens (including phenoxy) is 4. The van der Waals surface area contributed by atoms with E-state index in [0.717, 1.165) is 0 Å². The number of rotatable bonds is 3. The van der Waals surface area contributed by atoms with Gasteiger partial charge in [0.15, 0.2) is 10.8 Å². The van der Waals surface area contributed by atoms with Crippen molar-refractivity contribution in [1.82, 2.24) is 0 Å². The van der Waals surface area contributed by atoms with Crippen LogP contribution in [0.15, 0.2) is 18.2 Å². The smallest absolute Gasteiger partial charge is 0.340 e. The second-order valence-corrected chi connectivity index (χ2v) is 6.76. The first kappa shape index (κ1) is 17.5. The summed E-state index contributed by atoms with van der Waals surface area (Å²) in [5.41, 5.74) is 1.01. The number of cyclic esters (lactones) is 1. The summed E-state index contributed by atoms with van der Waals surface area (Å²) in [6, 6.07) is 4.40. The zero-order valence-corrected chi connectivity index (χ0v) is 16.1. The SMILES string of the molecule is COc1cc(OC)c2c(c1)C(=O)c1cc3c(c(OC)c1C2=O)C(Br)OC3=O. The lowest BCUT2D eigenvalue weighted by molar-refractivity contribution is 0.0529. The highest BCUT2D eigenvalue weighted by Crippen LogP contribution is 2.47. The van der Waals surface area contributed by atoms with Gasteiger partial charge in [0.2, 0.25) is 5.78 Å². The lowest BCUT2D eigenvalue weighted by Crippen LogP contribution is -2.24. The fourth-order valence-electron chi connectivity index (χ4n) is 3.45. The Morgan fingerprint density at radius 1 is 0.852 bits per heavy atom. The number of hydrogen-bond donors (Lipinski definition) is 0. The van der Waals surface area contributed by atoms with E-state index in [1.54, 1.807) is 0 Å².